The summed E-state index contributed by atoms with van der Waals surface area (Å²) < 4.78 is 0. The Labute approximate surface area is 92.5 Å². The van der Waals surface area contributed by atoms with Crippen LogP contribution < -0.4 is 0 Å². The number of piperidine rings is 1. The second kappa shape index (κ2) is 3.87. The van der Waals surface area contributed by atoms with Gasteiger partial charge in [0.2, 0.25) is 0 Å². The third kappa shape index (κ3) is 2.40. The molecule has 0 spiro atoms. The second-order valence-electron chi connectivity index (χ2n) is 5.75. The van der Waals surface area contributed by atoms with E-state index in [1.165, 1.54) is 6.92 Å². The van der Waals surface area contributed by atoms with Crippen LogP contribution in [0.3, 0.4) is 0 Å². The van der Waals surface area contributed by atoms with Crippen molar-refractivity contribution in [3.63, 3.8) is 0 Å². The van der Waals surface area contributed by atoms with Crippen molar-refractivity contribution < 1.29 is 9.90 Å². The molecule has 3 heteroatoms. The van der Waals surface area contributed by atoms with E-state index in [9.17, 15) is 9.90 Å². The monoisotopic (exact) mass is 213 g/mol. The topological polar surface area (TPSA) is 40.5 Å². The molecule has 1 N–H and O–H groups in total. The van der Waals surface area contributed by atoms with Crippen molar-refractivity contribution in [2.24, 2.45) is 5.92 Å². The first-order chi connectivity index (χ1) is 6.68. The fraction of sp³-hybridized carbons (Fsp3) is 0.917. The van der Waals surface area contributed by atoms with Gasteiger partial charge in [-0.05, 0) is 34.1 Å². The van der Waals surface area contributed by atoms with Crippen LogP contribution in [0.25, 0.3) is 0 Å². The predicted molar refractivity (Wildman–Crippen MR) is 60.7 cm³/mol. The summed E-state index contributed by atoms with van der Waals surface area (Å²) in [6.07, 6.45) is 0.556. The fourth-order valence-electron chi connectivity index (χ4n) is 2.26. The van der Waals surface area contributed by atoms with Crippen molar-refractivity contribution in [3.8, 4) is 0 Å². The van der Waals surface area contributed by atoms with Gasteiger partial charge in [-0.2, -0.15) is 0 Å². The van der Waals surface area contributed by atoms with Crippen molar-refractivity contribution in [1.82, 2.24) is 4.90 Å². The van der Waals surface area contributed by atoms with Gasteiger partial charge in [0.05, 0.1) is 0 Å². The van der Waals surface area contributed by atoms with Gasteiger partial charge in [-0.3, -0.25) is 9.69 Å². The van der Waals surface area contributed by atoms with E-state index in [1.54, 1.807) is 0 Å². The summed E-state index contributed by atoms with van der Waals surface area (Å²) in [5, 5.41) is 10.2. The molecule has 1 rings (SSSR count). The Kier molecular flexibility index (Phi) is 3.27. The maximum Gasteiger partial charge on any atom is 0.161 e. The van der Waals surface area contributed by atoms with Crippen LogP contribution in [0.1, 0.15) is 41.0 Å². The van der Waals surface area contributed by atoms with Gasteiger partial charge in [0, 0.05) is 24.5 Å². The summed E-state index contributed by atoms with van der Waals surface area (Å²) in [5.74, 6) is -0.0773. The molecule has 0 radical (unpaired) electrons. The molecule has 3 nitrogen and oxygen atoms in total. The molecule has 2 atom stereocenters. The van der Waals surface area contributed by atoms with Gasteiger partial charge in [-0.25, -0.2) is 0 Å². The van der Waals surface area contributed by atoms with Gasteiger partial charge in [0.15, 0.2) is 5.78 Å². The Hall–Kier alpha value is -0.410. The third-order valence-corrected chi connectivity index (χ3v) is 3.63. The Bertz CT molecular complexity index is 257. The summed E-state index contributed by atoms with van der Waals surface area (Å²) in [5.41, 5.74) is -0.978. The quantitative estimate of drug-likeness (QED) is 0.716. The number of hydrogen-bond acceptors (Lipinski definition) is 3. The first-order valence-corrected chi connectivity index (χ1v) is 5.66. The van der Waals surface area contributed by atoms with Gasteiger partial charge in [0.25, 0.3) is 0 Å². The van der Waals surface area contributed by atoms with Crippen LogP contribution >= 0.6 is 0 Å². The lowest BCUT2D eigenvalue weighted by atomic mass is 9.78. The molecule has 0 amide bonds. The lowest BCUT2D eigenvalue weighted by molar-refractivity contribution is -0.149. The van der Waals surface area contributed by atoms with Gasteiger partial charge in [-0.15, -0.1) is 0 Å². The van der Waals surface area contributed by atoms with Crippen molar-refractivity contribution >= 4 is 5.78 Å². The number of ketones is 1. The maximum absolute atomic E-state index is 11.4. The van der Waals surface area contributed by atoms with Crippen LogP contribution in [-0.2, 0) is 4.79 Å². The molecule has 1 aliphatic rings. The molecular weight excluding hydrogens is 190 g/mol. The lowest BCUT2D eigenvalue weighted by Crippen LogP contribution is -2.58. The maximum atomic E-state index is 11.4. The third-order valence-electron chi connectivity index (χ3n) is 3.63. The SMILES string of the molecule is CC(=O)[C@@]1(O)CCN(C(C)(C)C)C[C@H]1C. The summed E-state index contributed by atoms with van der Waals surface area (Å²) in [4.78, 5) is 13.7. The minimum Gasteiger partial charge on any atom is -0.382 e. The number of Topliss-reactive ketones (excluding diaryl/α,β-unsaturated/α-hetero) is 1. The van der Waals surface area contributed by atoms with Crippen LogP contribution in [0.5, 0.6) is 0 Å². The van der Waals surface area contributed by atoms with E-state index >= 15 is 0 Å². The highest BCUT2D eigenvalue weighted by atomic mass is 16.3. The molecule has 0 aromatic rings. The van der Waals surface area contributed by atoms with Gasteiger partial charge < -0.3 is 5.11 Å². The van der Waals surface area contributed by atoms with Crippen LogP contribution in [0, 0.1) is 5.92 Å². The highest BCUT2D eigenvalue weighted by Crippen LogP contribution is 2.31. The molecule has 0 unspecified atom stereocenters. The van der Waals surface area contributed by atoms with E-state index in [1.807, 2.05) is 6.92 Å². The standard InChI is InChI=1S/C12H23NO2/c1-9-8-13(11(3,4)5)7-6-12(9,15)10(2)14/h9,15H,6-8H2,1-5H3/t9-,12-/m1/s1. The van der Waals surface area contributed by atoms with Gasteiger partial charge in [-0.1, -0.05) is 6.92 Å². The number of carbonyl (C=O) groups is 1. The van der Waals surface area contributed by atoms with Crippen molar-refractivity contribution in [2.45, 2.75) is 52.2 Å². The van der Waals surface area contributed by atoms with Crippen molar-refractivity contribution in [3.05, 3.63) is 0 Å². The van der Waals surface area contributed by atoms with Crippen LogP contribution in [0.2, 0.25) is 0 Å². The van der Waals surface area contributed by atoms with Crippen molar-refractivity contribution in [2.75, 3.05) is 13.1 Å². The molecule has 0 aromatic carbocycles. The summed E-state index contributed by atoms with van der Waals surface area (Å²) >= 11 is 0. The fourth-order valence-corrected chi connectivity index (χ4v) is 2.26. The molecule has 0 bridgehead atoms. The molecule has 1 aliphatic heterocycles. The molecule has 1 heterocycles. The smallest absolute Gasteiger partial charge is 0.161 e. The molecule has 15 heavy (non-hydrogen) atoms. The number of hydrogen-bond donors (Lipinski definition) is 1. The average Bonchev–Trinajstić information content (AvgIpc) is 2.07. The Morgan fingerprint density at radius 2 is 2.00 bits per heavy atom. The minimum absolute atomic E-state index is 0.0166. The Morgan fingerprint density at radius 3 is 2.33 bits per heavy atom. The highest BCUT2D eigenvalue weighted by molar-refractivity contribution is 5.85. The highest BCUT2D eigenvalue weighted by Gasteiger charge is 2.44. The van der Waals surface area contributed by atoms with Crippen LogP contribution in [-0.4, -0.2) is 40.0 Å². The normalized spacial score (nSPS) is 34.1. The first-order valence-electron chi connectivity index (χ1n) is 5.66. The molecule has 0 aliphatic carbocycles. The predicted octanol–water partition coefficient (Wildman–Crippen LogP) is 1.45. The van der Waals surface area contributed by atoms with Crippen LogP contribution in [0.4, 0.5) is 0 Å². The van der Waals surface area contributed by atoms with E-state index in [0.29, 0.717) is 6.42 Å². The number of likely N-dealkylation sites (tertiary alicyclic amines) is 1. The largest absolute Gasteiger partial charge is 0.382 e. The zero-order chi connectivity index (χ0) is 11.9. The molecule has 0 saturated carbocycles. The zero-order valence-corrected chi connectivity index (χ0v) is 10.5. The minimum atomic E-state index is -1.10. The van der Waals surface area contributed by atoms with E-state index in [0.717, 1.165) is 13.1 Å². The summed E-state index contributed by atoms with van der Waals surface area (Å²) in [7, 11) is 0. The number of rotatable bonds is 1. The summed E-state index contributed by atoms with van der Waals surface area (Å²) in [6.45, 7) is 11.5. The molecule has 88 valence electrons. The molecular formula is C12H23NO2. The summed E-state index contributed by atoms with van der Waals surface area (Å²) in [6, 6.07) is 0. The Balaban J connectivity index is 2.75. The zero-order valence-electron chi connectivity index (χ0n) is 10.5. The second-order valence-corrected chi connectivity index (χ2v) is 5.75. The molecule has 1 fully saturated rings. The van der Waals surface area contributed by atoms with E-state index in [-0.39, 0.29) is 17.2 Å². The van der Waals surface area contributed by atoms with Crippen molar-refractivity contribution in [1.29, 1.82) is 0 Å². The number of carbonyl (C=O) groups excluding carboxylic acids is 1. The van der Waals surface area contributed by atoms with E-state index in [4.69, 9.17) is 0 Å². The number of nitrogens with zero attached hydrogens (tertiary/aromatic N) is 1. The van der Waals surface area contributed by atoms with E-state index < -0.39 is 5.60 Å². The molecule has 0 aromatic heterocycles. The van der Waals surface area contributed by atoms with Gasteiger partial charge >= 0.3 is 0 Å². The Morgan fingerprint density at radius 1 is 1.47 bits per heavy atom. The first kappa shape index (κ1) is 12.7. The van der Waals surface area contributed by atoms with Gasteiger partial charge in [0.1, 0.15) is 5.60 Å². The molecule has 1 saturated heterocycles. The average molecular weight is 213 g/mol. The number of aliphatic hydroxyl groups is 1. The van der Waals surface area contributed by atoms with E-state index in [2.05, 4.69) is 25.7 Å². The lowest BCUT2D eigenvalue weighted by Gasteiger charge is -2.47. The van der Waals surface area contributed by atoms with Crippen LogP contribution in [0.15, 0.2) is 0 Å².